The molecule has 0 bridgehead atoms. The summed E-state index contributed by atoms with van der Waals surface area (Å²) >= 11 is 0. The van der Waals surface area contributed by atoms with Gasteiger partial charge in [0.15, 0.2) is 0 Å². The Balaban J connectivity index is 2.05. The summed E-state index contributed by atoms with van der Waals surface area (Å²) in [5.41, 5.74) is 0.272. The maximum Gasteiger partial charge on any atom is 0.336 e. The number of ether oxygens (including phenoxy) is 1. The quantitative estimate of drug-likeness (QED) is 0.406. The lowest BCUT2D eigenvalue weighted by molar-refractivity contribution is -0.146. The van der Waals surface area contributed by atoms with Gasteiger partial charge in [0.1, 0.15) is 11.7 Å². The molecule has 0 aromatic carbocycles. The molecule has 1 saturated heterocycles. The number of rotatable bonds is 0. The van der Waals surface area contributed by atoms with Crippen molar-refractivity contribution in [3.05, 3.63) is 24.3 Å². The van der Waals surface area contributed by atoms with E-state index in [1.807, 2.05) is 0 Å². The Morgan fingerprint density at radius 1 is 1.39 bits per heavy atom. The van der Waals surface area contributed by atoms with Crippen LogP contribution >= 0.6 is 0 Å². The first kappa shape index (κ1) is 12.0. The molecule has 5 atom stereocenters. The van der Waals surface area contributed by atoms with Crippen LogP contribution in [0, 0.1) is 17.8 Å². The third-order valence-corrected chi connectivity index (χ3v) is 5.23. The Hall–Kier alpha value is -1.09. The number of hydrogen-bond donors (Lipinski definition) is 1. The SMILES string of the molecule is C=C1CC[C@]2(O)C(=C)C(=O)O[C@H]2[C@@H]2[C@H](C)CC[C@H]12. The molecule has 3 heteroatoms. The molecule has 98 valence electrons. The van der Waals surface area contributed by atoms with Gasteiger partial charge in [0, 0.05) is 5.92 Å². The van der Waals surface area contributed by atoms with E-state index < -0.39 is 17.7 Å². The van der Waals surface area contributed by atoms with Gasteiger partial charge in [-0.3, -0.25) is 0 Å². The van der Waals surface area contributed by atoms with Gasteiger partial charge in [0.05, 0.1) is 5.57 Å². The van der Waals surface area contributed by atoms with Crippen LogP contribution in [-0.2, 0) is 9.53 Å². The fourth-order valence-electron chi connectivity index (χ4n) is 4.07. The van der Waals surface area contributed by atoms with E-state index in [0.717, 1.165) is 19.3 Å². The van der Waals surface area contributed by atoms with Crippen LogP contribution in [-0.4, -0.2) is 22.8 Å². The maximum absolute atomic E-state index is 11.7. The number of allylic oxidation sites excluding steroid dienone is 1. The lowest BCUT2D eigenvalue weighted by atomic mass is 9.77. The van der Waals surface area contributed by atoms with Crippen LogP contribution in [0.5, 0.6) is 0 Å². The van der Waals surface area contributed by atoms with Gasteiger partial charge < -0.3 is 9.84 Å². The number of carbonyl (C=O) groups excluding carboxylic acids is 1. The highest BCUT2D eigenvalue weighted by molar-refractivity contribution is 5.93. The second-order valence-electron chi connectivity index (χ2n) is 6.13. The summed E-state index contributed by atoms with van der Waals surface area (Å²) in [4.78, 5) is 11.7. The first-order valence-corrected chi connectivity index (χ1v) is 6.75. The highest BCUT2D eigenvalue weighted by Crippen LogP contribution is 2.53. The molecule has 2 aliphatic carbocycles. The van der Waals surface area contributed by atoms with Gasteiger partial charge in [-0.25, -0.2) is 4.79 Å². The average Bonchev–Trinajstić information content (AvgIpc) is 2.77. The minimum absolute atomic E-state index is 0.202. The van der Waals surface area contributed by atoms with Gasteiger partial charge in [0.2, 0.25) is 0 Å². The van der Waals surface area contributed by atoms with Crippen LogP contribution in [0.2, 0.25) is 0 Å². The standard InChI is InChI=1S/C15H20O3/c1-8-6-7-15(17)10(3)14(16)18-13(15)12-9(2)4-5-11(8)12/h9,11-13,17H,1,3-7H2,2H3/t9-,11-,12-,13+,15+/m1/s1. The Morgan fingerprint density at radius 3 is 2.83 bits per heavy atom. The van der Waals surface area contributed by atoms with Crippen molar-refractivity contribution in [2.24, 2.45) is 17.8 Å². The summed E-state index contributed by atoms with van der Waals surface area (Å²) in [5.74, 6) is 0.624. The Labute approximate surface area is 108 Å². The van der Waals surface area contributed by atoms with E-state index in [1.54, 1.807) is 0 Å². The molecule has 2 saturated carbocycles. The minimum Gasteiger partial charge on any atom is -0.455 e. The van der Waals surface area contributed by atoms with Crippen molar-refractivity contribution in [3.63, 3.8) is 0 Å². The van der Waals surface area contributed by atoms with Crippen molar-refractivity contribution < 1.29 is 14.6 Å². The molecule has 1 heterocycles. The maximum atomic E-state index is 11.7. The van der Waals surface area contributed by atoms with Crippen LogP contribution in [0.4, 0.5) is 0 Å². The van der Waals surface area contributed by atoms with Crippen molar-refractivity contribution in [1.82, 2.24) is 0 Å². The number of aliphatic hydroxyl groups is 1. The number of fused-ring (bicyclic) bond motifs is 3. The summed E-state index contributed by atoms with van der Waals surface area (Å²) in [6, 6.07) is 0. The zero-order valence-electron chi connectivity index (χ0n) is 10.8. The van der Waals surface area contributed by atoms with Crippen molar-refractivity contribution in [2.75, 3.05) is 0 Å². The molecule has 0 amide bonds. The summed E-state index contributed by atoms with van der Waals surface area (Å²) < 4.78 is 5.46. The monoisotopic (exact) mass is 248 g/mol. The molecule has 3 nitrogen and oxygen atoms in total. The van der Waals surface area contributed by atoms with Gasteiger partial charge in [-0.2, -0.15) is 0 Å². The van der Waals surface area contributed by atoms with Crippen molar-refractivity contribution >= 4 is 5.97 Å². The minimum atomic E-state index is -1.17. The predicted molar refractivity (Wildman–Crippen MR) is 67.7 cm³/mol. The lowest BCUT2D eigenvalue weighted by Crippen LogP contribution is -2.44. The van der Waals surface area contributed by atoms with E-state index in [0.29, 0.717) is 18.3 Å². The molecule has 1 aliphatic heterocycles. The summed E-state index contributed by atoms with van der Waals surface area (Å²) in [7, 11) is 0. The van der Waals surface area contributed by atoms with E-state index >= 15 is 0 Å². The van der Waals surface area contributed by atoms with E-state index in [4.69, 9.17) is 4.74 Å². The highest BCUT2D eigenvalue weighted by atomic mass is 16.6. The average molecular weight is 248 g/mol. The summed E-state index contributed by atoms with van der Waals surface area (Å²) in [5, 5.41) is 10.8. The first-order valence-electron chi connectivity index (χ1n) is 6.75. The van der Waals surface area contributed by atoms with E-state index in [-0.39, 0.29) is 11.5 Å². The first-order chi connectivity index (χ1) is 8.45. The Bertz CT molecular complexity index is 439. The van der Waals surface area contributed by atoms with Crippen molar-refractivity contribution in [2.45, 2.75) is 44.3 Å². The summed E-state index contributed by atoms with van der Waals surface area (Å²) in [6.45, 7) is 10.1. The lowest BCUT2D eigenvalue weighted by Gasteiger charge is -2.33. The number of esters is 1. The third kappa shape index (κ3) is 1.37. The Morgan fingerprint density at radius 2 is 2.11 bits per heavy atom. The topological polar surface area (TPSA) is 46.5 Å². The molecule has 3 aliphatic rings. The molecular weight excluding hydrogens is 228 g/mol. The fraction of sp³-hybridized carbons (Fsp3) is 0.667. The zero-order chi connectivity index (χ0) is 13.1. The van der Waals surface area contributed by atoms with Gasteiger partial charge in [0.25, 0.3) is 0 Å². The van der Waals surface area contributed by atoms with Crippen molar-refractivity contribution in [1.29, 1.82) is 0 Å². The van der Waals surface area contributed by atoms with Crippen LogP contribution in [0.25, 0.3) is 0 Å². The highest BCUT2D eigenvalue weighted by Gasteiger charge is 2.59. The molecule has 3 fully saturated rings. The second kappa shape index (κ2) is 3.70. The fourth-order valence-corrected chi connectivity index (χ4v) is 4.07. The number of hydrogen-bond acceptors (Lipinski definition) is 3. The van der Waals surface area contributed by atoms with Crippen LogP contribution in [0.15, 0.2) is 24.3 Å². The Kier molecular flexibility index (Phi) is 2.46. The molecule has 1 N–H and O–H groups in total. The predicted octanol–water partition coefficient (Wildman–Crippen LogP) is 2.21. The molecule has 0 spiro atoms. The number of carbonyl (C=O) groups is 1. The molecule has 0 unspecified atom stereocenters. The van der Waals surface area contributed by atoms with Crippen molar-refractivity contribution in [3.8, 4) is 0 Å². The summed E-state index contributed by atoms with van der Waals surface area (Å²) in [6.07, 6.45) is 3.07. The molecular formula is C15H20O3. The smallest absolute Gasteiger partial charge is 0.336 e. The van der Waals surface area contributed by atoms with Crippen LogP contribution < -0.4 is 0 Å². The van der Waals surface area contributed by atoms with E-state index in [1.165, 1.54) is 5.57 Å². The second-order valence-corrected chi connectivity index (χ2v) is 6.13. The van der Waals surface area contributed by atoms with Gasteiger partial charge >= 0.3 is 5.97 Å². The zero-order valence-corrected chi connectivity index (χ0v) is 10.8. The van der Waals surface area contributed by atoms with E-state index in [2.05, 4.69) is 20.1 Å². The molecule has 0 radical (unpaired) electrons. The van der Waals surface area contributed by atoms with Crippen LogP contribution in [0.1, 0.15) is 32.6 Å². The van der Waals surface area contributed by atoms with Gasteiger partial charge in [-0.1, -0.05) is 25.7 Å². The third-order valence-electron chi connectivity index (χ3n) is 5.23. The van der Waals surface area contributed by atoms with Gasteiger partial charge in [-0.15, -0.1) is 0 Å². The normalized spacial score (nSPS) is 47.6. The van der Waals surface area contributed by atoms with Gasteiger partial charge in [-0.05, 0) is 37.5 Å². The van der Waals surface area contributed by atoms with E-state index in [9.17, 15) is 9.90 Å². The molecule has 0 aromatic heterocycles. The molecule has 3 rings (SSSR count). The molecule has 18 heavy (non-hydrogen) atoms. The molecule has 0 aromatic rings. The largest absolute Gasteiger partial charge is 0.455 e. The van der Waals surface area contributed by atoms with Crippen LogP contribution in [0.3, 0.4) is 0 Å².